The van der Waals surface area contributed by atoms with Crippen LogP contribution in [-0.4, -0.2) is 90.5 Å². The van der Waals surface area contributed by atoms with E-state index in [1.165, 1.54) is 11.1 Å². The van der Waals surface area contributed by atoms with Gasteiger partial charge in [-0.15, -0.1) is 0 Å². The molecule has 0 radical (unpaired) electrons. The minimum Gasteiger partial charge on any atom is -0.449 e. The minimum absolute atomic E-state index is 0.0143. The maximum absolute atomic E-state index is 12.1. The fraction of sp³-hybridized carbons (Fsp3) is 0.444. The zero-order valence-corrected chi connectivity index (χ0v) is 21.3. The van der Waals surface area contributed by atoms with Crippen LogP contribution in [-0.2, 0) is 33.3 Å². The molecule has 0 saturated carbocycles. The van der Waals surface area contributed by atoms with Crippen molar-refractivity contribution in [2.45, 2.75) is 5.92 Å². The summed E-state index contributed by atoms with van der Waals surface area (Å²) in [4.78, 5) is 34.3. The third-order valence-electron chi connectivity index (χ3n) is 5.65. The molecule has 206 valence electrons. The van der Waals surface area contributed by atoms with Crippen LogP contribution in [0.25, 0.3) is 11.1 Å². The summed E-state index contributed by atoms with van der Waals surface area (Å²) in [5.74, 6) is -0.788. The molecule has 0 fully saturated rings. The Hall–Kier alpha value is -3.51. The van der Waals surface area contributed by atoms with Gasteiger partial charge in [0.2, 0.25) is 11.8 Å². The van der Waals surface area contributed by atoms with E-state index in [2.05, 4.69) is 34.9 Å². The molecule has 0 aromatic heterocycles. The summed E-state index contributed by atoms with van der Waals surface area (Å²) in [6, 6.07) is 16.3. The number of hydrogen-bond acceptors (Lipinski definition) is 8. The molecular formula is C27H35N3O8. The number of fused-ring (bicyclic) bond motifs is 3. The number of rotatable bonds is 18. The number of nitrogens with two attached hydrogens (primary N) is 1. The fourth-order valence-electron chi connectivity index (χ4n) is 3.97. The van der Waals surface area contributed by atoms with Gasteiger partial charge < -0.3 is 40.1 Å². The standard InChI is InChI=1S/C27H35N3O8/c28-25(31)18-36-15-13-34-11-9-29-26(32)19-37-16-14-35-12-10-30-27(33)38-17-24-22-7-3-1-5-20(22)21-6-2-4-8-23(21)24/h1-8,24H,9-19H2,(H2,28,31)(H,29,32)(H,30,33). The lowest BCUT2D eigenvalue weighted by Gasteiger charge is -2.14. The highest BCUT2D eigenvalue weighted by molar-refractivity contribution is 5.79. The Morgan fingerprint density at radius 3 is 1.82 bits per heavy atom. The number of benzene rings is 2. The lowest BCUT2D eigenvalue weighted by Crippen LogP contribution is -2.31. The lowest BCUT2D eigenvalue weighted by atomic mass is 9.98. The van der Waals surface area contributed by atoms with Crippen molar-refractivity contribution in [1.82, 2.24) is 10.6 Å². The molecule has 0 atom stereocenters. The highest BCUT2D eigenvalue weighted by Gasteiger charge is 2.28. The fourth-order valence-corrected chi connectivity index (χ4v) is 3.97. The summed E-state index contributed by atoms with van der Waals surface area (Å²) in [7, 11) is 0. The van der Waals surface area contributed by atoms with Crippen molar-refractivity contribution in [1.29, 1.82) is 0 Å². The Balaban J connectivity index is 1.15. The van der Waals surface area contributed by atoms with Gasteiger partial charge in [-0.05, 0) is 22.3 Å². The summed E-state index contributed by atoms with van der Waals surface area (Å²) >= 11 is 0. The van der Waals surface area contributed by atoms with E-state index in [0.29, 0.717) is 32.9 Å². The van der Waals surface area contributed by atoms with Gasteiger partial charge in [0.15, 0.2) is 0 Å². The molecule has 0 spiro atoms. The predicted octanol–water partition coefficient (Wildman–Crippen LogP) is 1.19. The van der Waals surface area contributed by atoms with Crippen molar-refractivity contribution in [3.05, 3.63) is 59.7 Å². The van der Waals surface area contributed by atoms with Gasteiger partial charge in [-0.1, -0.05) is 48.5 Å². The SMILES string of the molecule is NC(=O)COCCOCCNC(=O)COCCOCCNC(=O)OCC1c2ccccc2-c2ccccc21. The molecule has 0 bridgehead atoms. The van der Waals surface area contributed by atoms with Gasteiger partial charge in [0.1, 0.15) is 19.8 Å². The van der Waals surface area contributed by atoms with Crippen LogP contribution in [0, 0.1) is 0 Å². The maximum Gasteiger partial charge on any atom is 0.407 e. The Bertz CT molecular complexity index is 1000. The van der Waals surface area contributed by atoms with Crippen LogP contribution in [0.4, 0.5) is 4.79 Å². The van der Waals surface area contributed by atoms with Gasteiger partial charge >= 0.3 is 6.09 Å². The molecule has 3 amide bonds. The molecule has 3 rings (SSSR count). The van der Waals surface area contributed by atoms with Crippen molar-refractivity contribution in [3.8, 4) is 11.1 Å². The second kappa shape index (κ2) is 16.4. The molecule has 1 aliphatic carbocycles. The number of carbonyl (C=O) groups excluding carboxylic acids is 3. The van der Waals surface area contributed by atoms with Gasteiger partial charge in [0, 0.05) is 19.0 Å². The normalized spacial score (nSPS) is 12.0. The van der Waals surface area contributed by atoms with E-state index in [1.807, 2.05) is 24.3 Å². The maximum atomic E-state index is 12.1. The van der Waals surface area contributed by atoms with Crippen LogP contribution in [0.1, 0.15) is 17.0 Å². The monoisotopic (exact) mass is 529 g/mol. The predicted molar refractivity (Wildman–Crippen MR) is 139 cm³/mol. The summed E-state index contributed by atoms with van der Waals surface area (Å²) < 4.78 is 26.3. The Morgan fingerprint density at radius 2 is 1.21 bits per heavy atom. The summed E-state index contributed by atoms with van der Waals surface area (Å²) in [6.45, 7) is 2.33. The Morgan fingerprint density at radius 1 is 0.684 bits per heavy atom. The van der Waals surface area contributed by atoms with Crippen LogP contribution >= 0.6 is 0 Å². The smallest absolute Gasteiger partial charge is 0.407 e. The largest absolute Gasteiger partial charge is 0.449 e. The van der Waals surface area contributed by atoms with Crippen LogP contribution in [0.2, 0.25) is 0 Å². The van der Waals surface area contributed by atoms with Crippen molar-refractivity contribution in [2.75, 3.05) is 72.6 Å². The Kier molecular flexibility index (Phi) is 12.5. The quantitative estimate of drug-likeness (QED) is 0.244. The average molecular weight is 530 g/mol. The van der Waals surface area contributed by atoms with E-state index >= 15 is 0 Å². The number of amides is 3. The molecule has 0 unspecified atom stereocenters. The molecule has 0 aliphatic heterocycles. The average Bonchev–Trinajstić information content (AvgIpc) is 3.24. The third-order valence-corrected chi connectivity index (χ3v) is 5.65. The lowest BCUT2D eigenvalue weighted by molar-refractivity contribution is -0.126. The number of ether oxygens (including phenoxy) is 5. The highest BCUT2D eigenvalue weighted by Crippen LogP contribution is 2.44. The minimum atomic E-state index is -0.534. The molecule has 1 aliphatic rings. The zero-order valence-electron chi connectivity index (χ0n) is 21.3. The highest BCUT2D eigenvalue weighted by atomic mass is 16.6. The van der Waals surface area contributed by atoms with E-state index < -0.39 is 12.0 Å². The molecule has 2 aromatic carbocycles. The van der Waals surface area contributed by atoms with Crippen molar-refractivity contribution >= 4 is 17.9 Å². The van der Waals surface area contributed by atoms with Crippen LogP contribution in [0.5, 0.6) is 0 Å². The summed E-state index contributed by atoms with van der Waals surface area (Å²) in [5, 5.41) is 5.33. The van der Waals surface area contributed by atoms with Crippen molar-refractivity contribution in [3.63, 3.8) is 0 Å². The zero-order chi connectivity index (χ0) is 27.0. The van der Waals surface area contributed by atoms with Gasteiger partial charge in [-0.2, -0.15) is 0 Å². The topological polar surface area (TPSA) is 147 Å². The van der Waals surface area contributed by atoms with Gasteiger partial charge in [0.25, 0.3) is 0 Å². The third kappa shape index (κ3) is 9.75. The van der Waals surface area contributed by atoms with Crippen LogP contribution in [0.15, 0.2) is 48.5 Å². The number of nitrogens with one attached hydrogen (secondary N) is 2. The first-order valence-electron chi connectivity index (χ1n) is 12.5. The summed E-state index contributed by atoms with van der Waals surface area (Å²) in [6.07, 6.45) is -0.495. The second-order valence-corrected chi connectivity index (χ2v) is 8.40. The van der Waals surface area contributed by atoms with Gasteiger partial charge in [-0.3, -0.25) is 9.59 Å². The molecule has 0 saturated heterocycles. The van der Waals surface area contributed by atoms with Gasteiger partial charge in [-0.25, -0.2) is 4.79 Å². The first kappa shape index (κ1) is 29.1. The van der Waals surface area contributed by atoms with Gasteiger partial charge in [0.05, 0.1) is 39.6 Å². The molecule has 38 heavy (non-hydrogen) atoms. The van der Waals surface area contributed by atoms with Crippen molar-refractivity contribution < 1.29 is 38.1 Å². The molecule has 2 aromatic rings. The van der Waals surface area contributed by atoms with E-state index in [9.17, 15) is 14.4 Å². The first-order valence-corrected chi connectivity index (χ1v) is 12.5. The molecule has 0 heterocycles. The van der Waals surface area contributed by atoms with E-state index in [1.54, 1.807) is 0 Å². The van der Waals surface area contributed by atoms with Crippen molar-refractivity contribution in [2.24, 2.45) is 5.73 Å². The Labute approximate surface area is 221 Å². The number of carbonyl (C=O) groups is 3. The molecular weight excluding hydrogens is 494 g/mol. The van der Waals surface area contributed by atoms with E-state index in [4.69, 9.17) is 29.4 Å². The number of alkyl carbamates (subject to hydrolysis) is 1. The van der Waals surface area contributed by atoms with E-state index in [-0.39, 0.29) is 51.5 Å². The van der Waals surface area contributed by atoms with Crippen LogP contribution in [0.3, 0.4) is 0 Å². The first-order chi connectivity index (χ1) is 18.6. The molecule has 11 heteroatoms. The number of hydrogen-bond donors (Lipinski definition) is 3. The van der Waals surface area contributed by atoms with E-state index in [0.717, 1.165) is 11.1 Å². The van der Waals surface area contributed by atoms with Crippen LogP contribution < -0.4 is 16.4 Å². The second-order valence-electron chi connectivity index (χ2n) is 8.40. The summed E-state index contributed by atoms with van der Waals surface area (Å²) in [5.41, 5.74) is 9.62. The molecule has 11 nitrogen and oxygen atoms in total. The number of primary amides is 1. The molecule has 4 N–H and O–H groups in total.